The molecular formula is C8H16N4S2. The molecule has 0 aliphatic carbocycles. The maximum Gasteiger partial charge on any atom is 0.220 e. The second-order valence-corrected chi connectivity index (χ2v) is 4.87. The Morgan fingerprint density at radius 3 is 2.93 bits per heavy atom. The van der Waals surface area contributed by atoms with Crippen molar-refractivity contribution >= 4 is 29.9 Å². The lowest BCUT2D eigenvalue weighted by Crippen LogP contribution is -2.10. The fourth-order valence-corrected chi connectivity index (χ4v) is 2.39. The Labute approximate surface area is 93.3 Å². The molecule has 6 heteroatoms. The van der Waals surface area contributed by atoms with Crippen LogP contribution >= 0.6 is 24.0 Å². The zero-order valence-electron chi connectivity index (χ0n) is 8.49. The Bertz CT molecular complexity index is 330. The summed E-state index contributed by atoms with van der Waals surface area (Å²) in [7, 11) is 0. The van der Waals surface area contributed by atoms with Gasteiger partial charge in [0.15, 0.2) is 4.77 Å². The third-order valence-electron chi connectivity index (χ3n) is 2.06. The van der Waals surface area contributed by atoms with Crippen molar-refractivity contribution in [2.45, 2.75) is 26.3 Å². The van der Waals surface area contributed by atoms with Crippen molar-refractivity contribution in [1.82, 2.24) is 14.8 Å². The third kappa shape index (κ3) is 2.75. The van der Waals surface area contributed by atoms with Gasteiger partial charge in [0.1, 0.15) is 0 Å². The topological polar surface area (TPSA) is 59.6 Å². The van der Waals surface area contributed by atoms with Gasteiger partial charge >= 0.3 is 0 Å². The first kappa shape index (κ1) is 11.6. The number of nitrogen functional groups attached to an aromatic ring is 1. The molecule has 0 aliphatic heterocycles. The summed E-state index contributed by atoms with van der Waals surface area (Å²) < 4.78 is 2.47. The molecule has 0 aromatic carbocycles. The van der Waals surface area contributed by atoms with E-state index in [1.807, 2.05) is 16.3 Å². The molecule has 0 saturated heterocycles. The average molecular weight is 232 g/mol. The fourth-order valence-electron chi connectivity index (χ4n) is 1.27. The summed E-state index contributed by atoms with van der Waals surface area (Å²) in [5, 5.41) is 6.57. The van der Waals surface area contributed by atoms with Gasteiger partial charge in [0, 0.05) is 6.04 Å². The van der Waals surface area contributed by atoms with E-state index in [2.05, 4.69) is 24.0 Å². The van der Waals surface area contributed by atoms with Crippen molar-refractivity contribution in [3.8, 4) is 0 Å². The summed E-state index contributed by atoms with van der Waals surface area (Å²) in [6.45, 7) is 4.27. The van der Waals surface area contributed by atoms with E-state index in [0.29, 0.717) is 16.8 Å². The van der Waals surface area contributed by atoms with E-state index >= 15 is 0 Å². The summed E-state index contributed by atoms with van der Waals surface area (Å²) in [6, 6.07) is 0.320. The normalized spacial score (nSPS) is 13.0. The van der Waals surface area contributed by atoms with Gasteiger partial charge in [0.2, 0.25) is 5.95 Å². The number of aromatic nitrogens is 3. The Kier molecular flexibility index (Phi) is 4.47. The number of rotatable bonds is 5. The van der Waals surface area contributed by atoms with Crippen LogP contribution in [0.4, 0.5) is 5.95 Å². The monoisotopic (exact) mass is 232 g/mol. The predicted molar refractivity (Wildman–Crippen MR) is 64.2 cm³/mol. The highest BCUT2D eigenvalue weighted by molar-refractivity contribution is 7.99. The van der Waals surface area contributed by atoms with Gasteiger partial charge in [-0.15, -0.1) is 5.10 Å². The number of anilines is 1. The van der Waals surface area contributed by atoms with E-state index in [1.54, 1.807) is 0 Å². The van der Waals surface area contributed by atoms with Crippen molar-refractivity contribution in [2.75, 3.05) is 17.2 Å². The molecule has 1 heterocycles. The molecule has 0 spiro atoms. The molecule has 0 fully saturated rings. The standard InChI is InChI=1S/C8H16N4S2/c1-3-14-5-4-6(2)12-7(9)10-11-8(12)13/h6H,3-5H2,1-2H3,(H2,9,10)(H,11,13). The summed E-state index contributed by atoms with van der Waals surface area (Å²) in [5.41, 5.74) is 5.69. The van der Waals surface area contributed by atoms with Crippen LogP contribution in [-0.4, -0.2) is 26.3 Å². The minimum absolute atomic E-state index is 0.320. The van der Waals surface area contributed by atoms with Crippen LogP contribution in [0, 0.1) is 4.77 Å². The van der Waals surface area contributed by atoms with Crippen molar-refractivity contribution in [2.24, 2.45) is 0 Å². The fraction of sp³-hybridized carbons (Fsp3) is 0.750. The van der Waals surface area contributed by atoms with E-state index < -0.39 is 0 Å². The molecule has 1 unspecified atom stereocenters. The van der Waals surface area contributed by atoms with Crippen molar-refractivity contribution in [3.05, 3.63) is 4.77 Å². The summed E-state index contributed by atoms with van der Waals surface area (Å²) >= 11 is 7.01. The van der Waals surface area contributed by atoms with E-state index in [0.717, 1.165) is 17.9 Å². The first-order valence-electron chi connectivity index (χ1n) is 4.67. The van der Waals surface area contributed by atoms with Crippen LogP contribution in [0.5, 0.6) is 0 Å². The van der Waals surface area contributed by atoms with Crippen LogP contribution < -0.4 is 5.73 Å². The number of nitrogens with one attached hydrogen (secondary N) is 1. The number of nitrogens with zero attached hydrogens (tertiary/aromatic N) is 2. The molecule has 1 aromatic rings. The number of thioether (sulfide) groups is 1. The molecule has 14 heavy (non-hydrogen) atoms. The van der Waals surface area contributed by atoms with Gasteiger partial charge in [-0.3, -0.25) is 4.57 Å². The number of nitrogens with two attached hydrogens (primary N) is 1. The molecule has 0 radical (unpaired) electrons. The lowest BCUT2D eigenvalue weighted by Gasteiger charge is -2.12. The smallest absolute Gasteiger partial charge is 0.220 e. The van der Waals surface area contributed by atoms with Gasteiger partial charge < -0.3 is 5.73 Å². The van der Waals surface area contributed by atoms with Crippen LogP contribution in [0.3, 0.4) is 0 Å². The predicted octanol–water partition coefficient (Wildman–Crippen LogP) is 2.23. The number of H-pyrrole nitrogens is 1. The zero-order chi connectivity index (χ0) is 10.6. The first-order chi connectivity index (χ1) is 6.66. The van der Waals surface area contributed by atoms with Gasteiger partial charge in [0.25, 0.3) is 0 Å². The summed E-state index contributed by atoms with van der Waals surface area (Å²) in [6.07, 6.45) is 1.07. The molecule has 1 atom stereocenters. The Morgan fingerprint density at radius 1 is 1.71 bits per heavy atom. The average Bonchev–Trinajstić information content (AvgIpc) is 2.46. The number of hydrogen-bond donors (Lipinski definition) is 2. The minimum atomic E-state index is 0.320. The highest BCUT2D eigenvalue weighted by atomic mass is 32.2. The van der Waals surface area contributed by atoms with Crippen molar-refractivity contribution < 1.29 is 0 Å². The molecule has 0 saturated carbocycles. The maximum atomic E-state index is 5.69. The van der Waals surface area contributed by atoms with Crippen molar-refractivity contribution in [1.29, 1.82) is 0 Å². The van der Waals surface area contributed by atoms with Crippen LogP contribution in [0.2, 0.25) is 0 Å². The van der Waals surface area contributed by atoms with Crippen LogP contribution in [-0.2, 0) is 0 Å². The Balaban J connectivity index is 2.60. The van der Waals surface area contributed by atoms with Crippen LogP contribution in [0.15, 0.2) is 0 Å². The van der Waals surface area contributed by atoms with Gasteiger partial charge in [-0.2, -0.15) is 11.8 Å². The third-order valence-corrected chi connectivity index (χ3v) is 3.28. The van der Waals surface area contributed by atoms with Gasteiger partial charge in [-0.05, 0) is 37.1 Å². The first-order valence-corrected chi connectivity index (χ1v) is 6.23. The molecule has 0 aliphatic rings. The second kappa shape index (κ2) is 5.41. The Morgan fingerprint density at radius 2 is 2.43 bits per heavy atom. The molecule has 3 N–H and O–H groups in total. The number of hydrogen-bond acceptors (Lipinski definition) is 4. The largest absolute Gasteiger partial charge is 0.368 e. The molecule has 0 amide bonds. The van der Waals surface area contributed by atoms with Gasteiger partial charge in [-0.25, -0.2) is 5.10 Å². The van der Waals surface area contributed by atoms with Gasteiger partial charge in [0.05, 0.1) is 0 Å². The highest BCUT2D eigenvalue weighted by Crippen LogP contribution is 2.17. The Hall–Kier alpha value is -0.490. The van der Waals surface area contributed by atoms with Crippen LogP contribution in [0.25, 0.3) is 0 Å². The van der Waals surface area contributed by atoms with Crippen LogP contribution in [0.1, 0.15) is 26.3 Å². The van der Waals surface area contributed by atoms with E-state index in [9.17, 15) is 0 Å². The zero-order valence-corrected chi connectivity index (χ0v) is 10.1. The SMILES string of the molecule is CCSCCC(C)n1c(N)n[nH]c1=S. The molecule has 1 aromatic heterocycles. The molecule has 4 nitrogen and oxygen atoms in total. The molecule has 1 rings (SSSR count). The molecular weight excluding hydrogens is 216 g/mol. The lowest BCUT2D eigenvalue weighted by molar-refractivity contribution is 0.534. The second-order valence-electron chi connectivity index (χ2n) is 3.09. The lowest BCUT2D eigenvalue weighted by atomic mass is 10.2. The van der Waals surface area contributed by atoms with E-state index in [-0.39, 0.29) is 0 Å². The quantitative estimate of drug-likeness (QED) is 0.604. The highest BCUT2D eigenvalue weighted by Gasteiger charge is 2.09. The van der Waals surface area contributed by atoms with E-state index in [4.69, 9.17) is 18.0 Å². The van der Waals surface area contributed by atoms with Crippen molar-refractivity contribution in [3.63, 3.8) is 0 Å². The molecule has 0 bridgehead atoms. The summed E-state index contributed by atoms with van der Waals surface area (Å²) in [5.74, 6) is 2.76. The van der Waals surface area contributed by atoms with Gasteiger partial charge in [-0.1, -0.05) is 6.92 Å². The van der Waals surface area contributed by atoms with E-state index in [1.165, 1.54) is 0 Å². The summed E-state index contributed by atoms with van der Waals surface area (Å²) in [4.78, 5) is 0. The minimum Gasteiger partial charge on any atom is -0.368 e. The molecule has 80 valence electrons. The maximum absolute atomic E-state index is 5.69. The number of aromatic amines is 1.